The van der Waals surface area contributed by atoms with E-state index in [2.05, 4.69) is 20.8 Å². The van der Waals surface area contributed by atoms with Gasteiger partial charge in [0, 0.05) is 0 Å². The van der Waals surface area contributed by atoms with Crippen LogP contribution in [-0.4, -0.2) is 0 Å². The van der Waals surface area contributed by atoms with Gasteiger partial charge in [-0.2, -0.15) is 0 Å². The number of hydrogen-bond donors (Lipinski definition) is 0. The largest absolute Gasteiger partial charge is 0.107 e. The predicted octanol–water partition coefficient (Wildman–Crippen LogP) is 2.40. The Morgan fingerprint density at radius 1 is 1.29 bits per heavy atom. The van der Waals surface area contributed by atoms with E-state index in [0.29, 0.717) is 5.41 Å². The van der Waals surface area contributed by atoms with Gasteiger partial charge < -0.3 is 0 Å². The Kier molecular flexibility index (Phi) is 0.844. The predicted molar refractivity (Wildman–Crippen MR) is 31.9 cm³/mol. The van der Waals surface area contributed by atoms with Gasteiger partial charge in [-0.05, 0) is 19.8 Å². The molecule has 0 nitrogen and oxygen atoms in total. The second kappa shape index (κ2) is 1.18. The zero-order valence-corrected chi connectivity index (χ0v) is 5.41. The first-order valence-corrected chi connectivity index (χ1v) is 2.96. The van der Waals surface area contributed by atoms with Crippen LogP contribution in [0.2, 0.25) is 0 Å². The minimum atomic E-state index is 0.667. The van der Waals surface area contributed by atoms with E-state index >= 15 is 0 Å². The van der Waals surface area contributed by atoms with Crippen LogP contribution >= 0.6 is 0 Å². The maximum Gasteiger partial charge on any atom is 0.107 e. The quantitative estimate of drug-likeness (QED) is 0.441. The fraction of sp³-hybridized carbons (Fsp3) is 0.857. The van der Waals surface area contributed by atoms with E-state index in [4.69, 9.17) is 0 Å². The van der Waals surface area contributed by atoms with Crippen LogP contribution in [0, 0.1) is 11.3 Å². The molecular formula is C7H13+. The number of rotatable bonds is 1. The Labute approximate surface area is 45.9 Å². The normalized spacial score (nSPS) is 24.4. The molecule has 40 valence electrons. The standard InChI is InChI=1S/C7H13/c1-6(2)7(3)4-5-7/h4-5H2,1-3H3/q+1. The molecule has 7 heavy (non-hydrogen) atoms. The molecule has 0 aromatic heterocycles. The Hall–Kier alpha value is -0.130. The molecule has 0 aliphatic heterocycles. The molecule has 1 saturated carbocycles. The molecule has 1 fully saturated rings. The fourth-order valence-electron chi connectivity index (χ4n) is 0.687. The third-order valence-corrected chi connectivity index (χ3v) is 2.21. The molecule has 0 atom stereocenters. The fourth-order valence-corrected chi connectivity index (χ4v) is 0.687. The lowest BCUT2D eigenvalue weighted by molar-refractivity contribution is 0.597. The van der Waals surface area contributed by atoms with Gasteiger partial charge in [0.15, 0.2) is 0 Å². The van der Waals surface area contributed by atoms with Gasteiger partial charge in [0.05, 0.1) is 19.8 Å². The van der Waals surface area contributed by atoms with Gasteiger partial charge in [-0.15, -0.1) is 0 Å². The van der Waals surface area contributed by atoms with Crippen molar-refractivity contribution in [1.29, 1.82) is 0 Å². The first-order valence-electron chi connectivity index (χ1n) is 2.96. The van der Waals surface area contributed by atoms with Crippen LogP contribution in [0.3, 0.4) is 0 Å². The zero-order valence-electron chi connectivity index (χ0n) is 5.41. The Morgan fingerprint density at radius 3 is 1.71 bits per heavy atom. The SMILES string of the molecule is C[C+](C)C1(C)CC1. The molecule has 0 radical (unpaired) electrons. The molecule has 0 spiro atoms. The zero-order chi connectivity index (χ0) is 5.49. The highest BCUT2D eigenvalue weighted by Gasteiger charge is 2.49. The van der Waals surface area contributed by atoms with Crippen molar-refractivity contribution >= 4 is 0 Å². The molecule has 1 rings (SSSR count). The molecule has 0 heteroatoms. The molecular weight excluding hydrogens is 84.1 g/mol. The highest BCUT2D eigenvalue weighted by Crippen LogP contribution is 2.52. The van der Waals surface area contributed by atoms with Gasteiger partial charge in [-0.25, -0.2) is 0 Å². The van der Waals surface area contributed by atoms with E-state index in [1.54, 1.807) is 5.92 Å². The monoisotopic (exact) mass is 97.1 g/mol. The van der Waals surface area contributed by atoms with Crippen molar-refractivity contribution in [3.8, 4) is 0 Å². The summed E-state index contributed by atoms with van der Waals surface area (Å²) in [7, 11) is 0. The van der Waals surface area contributed by atoms with Crippen LogP contribution in [0.25, 0.3) is 0 Å². The lowest BCUT2D eigenvalue weighted by Gasteiger charge is -1.98. The highest BCUT2D eigenvalue weighted by molar-refractivity contribution is 5.07. The number of hydrogen-bond acceptors (Lipinski definition) is 0. The molecule has 0 N–H and O–H groups in total. The Morgan fingerprint density at radius 2 is 1.71 bits per heavy atom. The minimum absolute atomic E-state index is 0.667. The third kappa shape index (κ3) is 0.744. The maximum atomic E-state index is 2.34. The van der Waals surface area contributed by atoms with E-state index in [-0.39, 0.29) is 0 Å². The smallest absolute Gasteiger partial charge is 0.0185 e. The van der Waals surface area contributed by atoms with Crippen LogP contribution in [0.5, 0.6) is 0 Å². The summed E-state index contributed by atoms with van der Waals surface area (Å²) < 4.78 is 0. The topological polar surface area (TPSA) is 0 Å². The van der Waals surface area contributed by atoms with Gasteiger partial charge in [0.25, 0.3) is 0 Å². The van der Waals surface area contributed by atoms with Crippen molar-refractivity contribution in [2.45, 2.75) is 33.6 Å². The van der Waals surface area contributed by atoms with E-state index in [9.17, 15) is 0 Å². The molecule has 0 heterocycles. The van der Waals surface area contributed by atoms with Crippen LogP contribution < -0.4 is 0 Å². The van der Waals surface area contributed by atoms with Gasteiger partial charge in [0.1, 0.15) is 5.41 Å². The molecule has 1 aliphatic rings. The van der Waals surface area contributed by atoms with Crippen molar-refractivity contribution in [2.75, 3.05) is 0 Å². The first kappa shape index (κ1) is 5.02. The summed E-state index contributed by atoms with van der Waals surface area (Å²) in [6.07, 6.45) is 2.85. The summed E-state index contributed by atoms with van der Waals surface area (Å²) in [6, 6.07) is 0. The van der Waals surface area contributed by atoms with Crippen LogP contribution in [0.4, 0.5) is 0 Å². The summed E-state index contributed by atoms with van der Waals surface area (Å²) in [5, 5.41) is 0. The Bertz CT molecular complexity index is 68.1. The lowest BCUT2D eigenvalue weighted by Crippen LogP contribution is -1.99. The second-order valence-corrected chi connectivity index (χ2v) is 3.06. The maximum absolute atomic E-state index is 2.34. The van der Waals surface area contributed by atoms with E-state index < -0.39 is 0 Å². The molecule has 0 saturated heterocycles. The molecule has 0 amide bonds. The van der Waals surface area contributed by atoms with Gasteiger partial charge in [0.2, 0.25) is 0 Å². The molecule has 1 aliphatic carbocycles. The Balaban J connectivity index is 2.39. The summed E-state index contributed by atoms with van der Waals surface area (Å²) >= 11 is 0. The van der Waals surface area contributed by atoms with Crippen molar-refractivity contribution in [3.63, 3.8) is 0 Å². The van der Waals surface area contributed by atoms with E-state index in [1.807, 2.05) is 0 Å². The van der Waals surface area contributed by atoms with Gasteiger partial charge in [-0.1, -0.05) is 0 Å². The van der Waals surface area contributed by atoms with E-state index in [1.165, 1.54) is 12.8 Å². The molecule has 0 aromatic rings. The summed E-state index contributed by atoms with van der Waals surface area (Å²) in [5.74, 6) is 1.60. The highest BCUT2D eigenvalue weighted by atomic mass is 14.4. The first-order chi connectivity index (χ1) is 3.15. The van der Waals surface area contributed by atoms with Crippen molar-refractivity contribution in [1.82, 2.24) is 0 Å². The average Bonchev–Trinajstić information content (AvgIpc) is 2.21. The lowest BCUT2D eigenvalue weighted by atomic mass is 9.95. The van der Waals surface area contributed by atoms with Crippen molar-refractivity contribution in [3.05, 3.63) is 5.92 Å². The van der Waals surface area contributed by atoms with E-state index in [0.717, 1.165) is 0 Å². The third-order valence-electron chi connectivity index (χ3n) is 2.21. The molecule has 0 bridgehead atoms. The second-order valence-electron chi connectivity index (χ2n) is 3.06. The summed E-state index contributed by atoms with van der Waals surface area (Å²) in [5.41, 5.74) is 0.667. The minimum Gasteiger partial charge on any atom is -0.0185 e. The van der Waals surface area contributed by atoms with Crippen molar-refractivity contribution < 1.29 is 0 Å². The van der Waals surface area contributed by atoms with Crippen LogP contribution in [-0.2, 0) is 0 Å². The van der Waals surface area contributed by atoms with Gasteiger partial charge in [-0.3, -0.25) is 0 Å². The molecule has 0 unspecified atom stereocenters. The van der Waals surface area contributed by atoms with Crippen LogP contribution in [0.15, 0.2) is 0 Å². The van der Waals surface area contributed by atoms with Crippen LogP contribution in [0.1, 0.15) is 33.6 Å². The molecule has 0 aromatic carbocycles. The average molecular weight is 97.2 g/mol. The van der Waals surface area contributed by atoms with Crippen molar-refractivity contribution in [2.24, 2.45) is 5.41 Å². The van der Waals surface area contributed by atoms with Gasteiger partial charge >= 0.3 is 0 Å². The summed E-state index contributed by atoms with van der Waals surface area (Å²) in [6.45, 7) is 6.79. The summed E-state index contributed by atoms with van der Waals surface area (Å²) in [4.78, 5) is 0.